The maximum Gasteiger partial charge on any atom is 0.0658 e. The zero-order chi connectivity index (χ0) is 11.3. The van der Waals surface area contributed by atoms with Crippen molar-refractivity contribution in [3.63, 3.8) is 0 Å². The van der Waals surface area contributed by atoms with Crippen molar-refractivity contribution in [1.82, 2.24) is 5.32 Å². The van der Waals surface area contributed by atoms with Gasteiger partial charge in [-0.3, -0.25) is 0 Å². The summed E-state index contributed by atoms with van der Waals surface area (Å²) in [5.41, 5.74) is 5.81. The topological polar surface area (TPSA) is 47.3 Å². The van der Waals surface area contributed by atoms with Crippen molar-refractivity contribution in [2.45, 2.75) is 52.2 Å². The van der Waals surface area contributed by atoms with Gasteiger partial charge in [-0.1, -0.05) is 13.8 Å². The lowest BCUT2D eigenvalue weighted by molar-refractivity contribution is -0.125. The van der Waals surface area contributed by atoms with Crippen LogP contribution >= 0.6 is 0 Å². The summed E-state index contributed by atoms with van der Waals surface area (Å²) in [6, 6.07) is 0.616. The van der Waals surface area contributed by atoms with Crippen LogP contribution in [0, 0.1) is 5.41 Å². The van der Waals surface area contributed by atoms with E-state index in [1.807, 2.05) is 0 Å². The number of nitrogens with two attached hydrogens (primary N) is 1. The summed E-state index contributed by atoms with van der Waals surface area (Å²) in [4.78, 5) is 0. The second kappa shape index (κ2) is 5.83. The second-order valence-corrected chi connectivity index (χ2v) is 4.69. The minimum atomic E-state index is 0.324. The highest BCUT2D eigenvalue weighted by atomic mass is 16.5. The SMILES string of the molecule is CCOC1CC(NCCCN)C1(C)CC. The largest absolute Gasteiger partial charge is 0.378 e. The summed E-state index contributed by atoms with van der Waals surface area (Å²) < 4.78 is 5.76. The van der Waals surface area contributed by atoms with E-state index in [0.29, 0.717) is 17.6 Å². The normalized spacial score (nSPS) is 35.2. The van der Waals surface area contributed by atoms with E-state index in [9.17, 15) is 0 Å². The molecule has 3 nitrogen and oxygen atoms in total. The van der Waals surface area contributed by atoms with E-state index in [2.05, 4.69) is 26.1 Å². The molecule has 0 aliphatic heterocycles. The van der Waals surface area contributed by atoms with Crippen LogP contribution in [0.3, 0.4) is 0 Å². The summed E-state index contributed by atoms with van der Waals surface area (Å²) in [5, 5.41) is 3.59. The lowest BCUT2D eigenvalue weighted by Gasteiger charge is -2.53. The Kier molecular flexibility index (Phi) is 5.03. The quantitative estimate of drug-likeness (QED) is 0.632. The third-order valence-corrected chi connectivity index (χ3v) is 3.88. The molecule has 0 bridgehead atoms. The van der Waals surface area contributed by atoms with E-state index in [1.165, 1.54) is 6.42 Å². The Hall–Kier alpha value is -0.120. The van der Waals surface area contributed by atoms with Crippen LogP contribution in [0.1, 0.15) is 40.0 Å². The molecule has 1 aliphatic carbocycles. The molecule has 1 saturated carbocycles. The van der Waals surface area contributed by atoms with E-state index in [1.54, 1.807) is 0 Å². The predicted octanol–water partition coefficient (Wildman–Crippen LogP) is 1.52. The zero-order valence-electron chi connectivity index (χ0n) is 10.4. The third kappa shape index (κ3) is 2.71. The summed E-state index contributed by atoms with van der Waals surface area (Å²) in [6.07, 6.45) is 3.85. The first-order valence-electron chi connectivity index (χ1n) is 6.24. The summed E-state index contributed by atoms with van der Waals surface area (Å²) in [7, 11) is 0. The number of rotatable bonds is 7. The fraction of sp³-hybridized carbons (Fsp3) is 1.00. The Bertz CT molecular complexity index is 184. The van der Waals surface area contributed by atoms with Gasteiger partial charge in [-0.25, -0.2) is 0 Å². The average Bonchev–Trinajstić information content (AvgIpc) is 2.26. The van der Waals surface area contributed by atoms with Gasteiger partial charge in [-0.2, -0.15) is 0 Å². The smallest absolute Gasteiger partial charge is 0.0658 e. The van der Waals surface area contributed by atoms with Gasteiger partial charge in [-0.15, -0.1) is 0 Å². The molecule has 3 heteroatoms. The number of ether oxygens (including phenoxy) is 1. The lowest BCUT2D eigenvalue weighted by atomic mass is 9.61. The minimum absolute atomic E-state index is 0.324. The lowest BCUT2D eigenvalue weighted by Crippen LogP contribution is -2.62. The maximum absolute atomic E-state index is 5.76. The average molecular weight is 214 g/mol. The van der Waals surface area contributed by atoms with Crippen molar-refractivity contribution in [3.8, 4) is 0 Å². The molecule has 15 heavy (non-hydrogen) atoms. The van der Waals surface area contributed by atoms with E-state index < -0.39 is 0 Å². The molecule has 1 rings (SSSR count). The molecule has 0 heterocycles. The first-order chi connectivity index (χ1) is 7.19. The first kappa shape index (κ1) is 12.9. The van der Waals surface area contributed by atoms with Gasteiger partial charge in [0, 0.05) is 18.1 Å². The standard InChI is InChI=1S/C12H26N2O/c1-4-12(3)10(14-8-6-7-13)9-11(12)15-5-2/h10-11,14H,4-9,13H2,1-3H3. The Morgan fingerprint density at radius 2 is 2.20 bits per heavy atom. The molecule has 3 N–H and O–H groups in total. The fourth-order valence-corrected chi connectivity index (χ4v) is 2.44. The van der Waals surface area contributed by atoms with Crippen molar-refractivity contribution >= 4 is 0 Å². The van der Waals surface area contributed by atoms with Crippen molar-refractivity contribution in [1.29, 1.82) is 0 Å². The maximum atomic E-state index is 5.76. The van der Waals surface area contributed by atoms with Gasteiger partial charge in [-0.05, 0) is 39.3 Å². The van der Waals surface area contributed by atoms with Crippen LogP contribution in [-0.4, -0.2) is 31.8 Å². The van der Waals surface area contributed by atoms with Gasteiger partial charge >= 0.3 is 0 Å². The van der Waals surface area contributed by atoms with Gasteiger partial charge in [0.05, 0.1) is 6.10 Å². The summed E-state index contributed by atoms with van der Waals surface area (Å²) in [6.45, 7) is 9.30. The van der Waals surface area contributed by atoms with E-state index >= 15 is 0 Å². The van der Waals surface area contributed by atoms with Crippen LogP contribution in [0.25, 0.3) is 0 Å². The molecule has 0 aromatic rings. The zero-order valence-corrected chi connectivity index (χ0v) is 10.4. The molecule has 0 aromatic heterocycles. The van der Waals surface area contributed by atoms with Crippen molar-refractivity contribution in [2.24, 2.45) is 11.1 Å². The monoisotopic (exact) mass is 214 g/mol. The molecule has 0 amide bonds. The Morgan fingerprint density at radius 3 is 2.73 bits per heavy atom. The Balaban J connectivity index is 2.35. The molecule has 90 valence electrons. The van der Waals surface area contributed by atoms with Gasteiger partial charge in [0.1, 0.15) is 0 Å². The van der Waals surface area contributed by atoms with Gasteiger partial charge in [0.15, 0.2) is 0 Å². The van der Waals surface area contributed by atoms with Gasteiger partial charge in [0.2, 0.25) is 0 Å². The highest BCUT2D eigenvalue weighted by Crippen LogP contribution is 2.45. The molecular formula is C12H26N2O. The molecule has 3 unspecified atom stereocenters. The fourth-order valence-electron chi connectivity index (χ4n) is 2.44. The molecule has 1 aliphatic rings. The van der Waals surface area contributed by atoms with Crippen LogP contribution in [0.15, 0.2) is 0 Å². The van der Waals surface area contributed by atoms with E-state index in [-0.39, 0.29) is 0 Å². The van der Waals surface area contributed by atoms with Gasteiger partial charge < -0.3 is 15.8 Å². The summed E-state index contributed by atoms with van der Waals surface area (Å²) >= 11 is 0. The highest BCUT2D eigenvalue weighted by Gasteiger charge is 2.50. The van der Waals surface area contributed by atoms with Crippen LogP contribution in [0.2, 0.25) is 0 Å². The Morgan fingerprint density at radius 1 is 1.47 bits per heavy atom. The van der Waals surface area contributed by atoms with Crippen molar-refractivity contribution < 1.29 is 4.74 Å². The number of hydrogen-bond acceptors (Lipinski definition) is 3. The van der Waals surface area contributed by atoms with Crippen molar-refractivity contribution in [3.05, 3.63) is 0 Å². The molecule has 0 aromatic carbocycles. The first-order valence-corrected chi connectivity index (χ1v) is 6.24. The Labute approximate surface area is 93.8 Å². The molecule has 0 spiro atoms. The highest BCUT2D eigenvalue weighted by molar-refractivity contribution is 5.04. The van der Waals surface area contributed by atoms with Crippen LogP contribution < -0.4 is 11.1 Å². The third-order valence-electron chi connectivity index (χ3n) is 3.88. The minimum Gasteiger partial charge on any atom is -0.378 e. The summed E-state index contributed by atoms with van der Waals surface area (Å²) in [5.74, 6) is 0. The van der Waals surface area contributed by atoms with E-state index in [4.69, 9.17) is 10.5 Å². The second-order valence-electron chi connectivity index (χ2n) is 4.69. The molecule has 0 radical (unpaired) electrons. The van der Waals surface area contributed by atoms with E-state index in [0.717, 1.165) is 32.5 Å². The number of hydrogen-bond donors (Lipinski definition) is 2. The van der Waals surface area contributed by atoms with Gasteiger partial charge in [0.25, 0.3) is 0 Å². The van der Waals surface area contributed by atoms with Crippen LogP contribution in [-0.2, 0) is 4.74 Å². The molecular weight excluding hydrogens is 188 g/mol. The van der Waals surface area contributed by atoms with Crippen LogP contribution in [0.4, 0.5) is 0 Å². The molecule has 3 atom stereocenters. The van der Waals surface area contributed by atoms with Crippen LogP contribution in [0.5, 0.6) is 0 Å². The van der Waals surface area contributed by atoms with Crippen molar-refractivity contribution in [2.75, 3.05) is 19.7 Å². The molecule has 1 fully saturated rings. The molecule has 0 saturated heterocycles. The number of nitrogens with one attached hydrogen (secondary N) is 1. The predicted molar refractivity (Wildman–Crippen MR) is 63.9 cm³/mol.